The number of hydrogen-bond acceptors (Lipinski definition) is 4. The predicted molar refractivity (Wildman–Crippen MR) is 154 cm³/mol. The van der Waals surface area contributed by atoms with E-state index in [1.807, 2.05) is 42.5 Å². The Morgan fingerprint density at radius 2 is 1.61 bits per heavy atom. The first-order valence-electron chi connectivity index (χ1n) is 13.9. The minimum absolute atomic E-state index is 0.0336. The van der Waals surface area contributed by atoms with E-state index < -0.39 is 17.6 Å². The predicted octanol–water partition coefficient (Wildman–Crippen LogP) is 8.72. The van der Waals surface area contributed by atoms with Crippen LogP contribution in [0, 0.1) is 5.82 Å². The standard InChI is InChI=1S/C33H35F3N2O3/c1-21(38-15-13-33(35,36)14-16-38)22-5-7-23(8-6-22)25-17-26-18-28(20-37-31(39)41-32(2,3)4)40-30(26)29(19-25)24-9-11-27(34)12-10-24/h5-12,17-19,21H,13-16,20H2,1-4H3,(H,37,39). The van der Waals surface area contributed by atoms with Crippen LogP contribution in [0.15, 0.2) is 71.1 Å². The van der Waals surface area contributed by atoms with Crippen molar-refractivity contribution in [2.24, 2.45) is 0 Å². The van der Waals surface area contributed by atoms with E-state index in [1.165, 1.54) is 12.1 Å². The number of fused-ring (bicyclic) bond motifs is 1. The van der Waals surface area contributed by atoms with Gasteiger partial charge < -0.3 is 14.5 Å². The summed E-state index contributed by atoms with van der Waals surface area (Å²) in [5.41, 5.74) is 4.61. The van der Waals surface area contributed by atoms with E-state index in [0.717, 1.165) is 33.2 Å². The summed E-state index contributed by atoms with van der Waals surface area (Å²) < 4.78 is 52.5. The number of furan rings is 1. The molecular formula is C33H35F3N2O3. The van der Waals surface area contributed by atoms with Gasteiger partial charge in [0.15, 0.2) is 0 Å². The lowest BCUT2D eigenvalue weighted by molar-refractivity contribution is -0.0620. The van der Waals surface area contributed by atoms with Crippen molar-refractivity contribution in [3.8, 4) is 22.3 Å². The summed E-state index contributed by atoms with van der Waals surface area (Å²) in [6.07, 6.45) is -0.756. The number of likely N-dealkylation sites (tertiary alicyclic amines) is 1. The summed E-state index contributed by atoms with van der Waals surface area (Å²) in [5.74, 6) is -2.34. The van der Waals surface area contributed by atoms with Gasteiger partial charge in [-0.25, -0.2) is 18.0 Å². The molecule has 0 radical (unpaired) electrons. The second-order valence-corrected chi connectivity index (χ2v) is 11.7. The first-order chi connectivity index (χ1) is 19.4. The van der Waals surface area contributed by atoms with Crippen molar-refractivity contribution >= 4 is 17.1 Å². The highest BCUT2D eigenvalue weighted by Crippen LogP contribution is 2.37. The second kappa shape index (κ2) is 11.2. The van der Waals surface area contributed by atoms with Gasteiger partial charge in [-0.05, 0) is 80.3 Å². The number of amides is 1. The Morgan fingerprint density at radius 1 is 0.976 bits per heavy atom. The van der Waals surface area contributed by atoms with Crippen LogP contribution in [0.4, 0.5) is 18.0 Å². The maximum absolute atomic E-state index is 13.7. The Bertz CT molecular complexity index is 1510. The fourth-order valence-electron chi connectivity index (χ4n) is 5.18. The molecule has 2 heterocycles. The fourth-order valence-corrected chi connectivity index (χ4v) is 5.18. The van der Waals surface area contributed by atoms with Gasteiger partial charge in [0, 0.05) is 42.9 Å². The molecule has 0 spiro atoms. The maximum Gasteiger partial charge on any atom is 0.408 e. The monoisotopic (exact) mass is 564 g/mol. The van der Waals surface area contributed by atoms with Crippen molar-refractivity contribution in [1.82, 2.24) is 10.2 Å². The zero-order valence-corrected chi connectivity index (χ0v) is 23.8. The molecule has 1 saturated heterocycles. The zero-order chi connectivity index (χ0) is 29.4. The van der Waals surface area contributed by atoms with E-state index in [4.69, 9.17) is 9.15 Å². The summed E-state index contributed by atoms with van der Waals surface area (Å²) in [6.45, 7) is 8.34. The molecule has 1 atom stereocenters. The molecule has 8 heteroatoms. The molecule has 41 heavy (non-hydrogen) atoms. The molecule has 1 aliphatic rings. The number of nitrogens with one attached hydrogen (secondary N) is 1. The molecular weight excluding hydrogens is 529 g/mol. The number of ether oxygens (including phenoxy) is 1. The van der Waals surface area contributed by atoms with Crippen molar-refractivity contribution in [3.05, 3.63) is 83.9 Å². The van der Waals surface area contributed by atoms with Crippen LogP contribution in [0.5, 0.6) is 0 Å². The average Bonchev–Trinajstić information content (AvgIpc) is 3.34. The van der Waals surface area contributed by atoms with E-state index in [1.54, 1.807) is 32.9 Å². The Kier molecular flexibility index (Phi) is 7.88. The highest BCUT2D eigenvalue weighted by molar-refractivity contribution is 5.97. The van der Waals surface area contributed by atoms with E-state index in [9.17, 15) is 18.0 Å². The molecule has 3 aromatic carbocycles. The third kappa shape index (κ3) is 6.93. The summed E-state index contributed by atoms with van der Waals surface area (Å²) in [4.78, 5) is 14.3. The Balaban J connectivity index is 1.43. The molecule has 1 aliphatic heterocycles. The van der Waals surface area contributed by atoms with Crippen LogP contribution in [-0.4, -0.2) is 35.6 Å². The summed E-state index contributed by atoms with van der Waals surface area (Å²) in [6, 6.07) is 20.3. The van der Waals surface area contributed by atoms with Gasteiger partial charge in [-0.1, -0.05) is 36.4 Å². The lowest BCUT2D eigenvalue weighted by Gasteiger charge is -2.36. The van der Waals surface area contributed by atoms with Gasteiger partial charge >= 0.3 is 6.09 Å². The number of halogens is 3. The molecule has 1 amide bonds. The van der Waals surface area contributed by atoms with Crippen molar-refractivity contribution in [2.75, 3.05) is 13.1 Å². The topological polar surface area (TPSA) is 54.7 Å². The quantitative estimate of drug-likeness (QED) is 0.254. The third-order valence-electron chi connectivity index (χ3n) is 7.43. The van der Waals surface area contributed by atoms with E-state index >= 15 is 0 Å². The Hall–Kier alpha value is -3.78. The summed E-state index contributed by atoms with van der Waals surface area (Å²) in [5, 5.41) is 3.57. The van der Waals surface area contributed by atoms with E-state index in [-0.39, 0.29) is 31.2 Å². The largest absolute Gasteiger partial charge is 0.459 e. The smallest absolute Gasteiger partial charge is 0.408 e. The number of carbonyl (C=O) groups is 1. The van der Waals surface area contributed by atoms with Crippen LogP contribution >= 0.6 is 0 Å². The molecule has 1 aromatic heterocycles. The molecule has 4 aromatic rings. The van der Waals surface area contributed by atoms with Crippen LogP contribution in [0.1, 0.15) is 57.9 Å². The summed E-state index contributed by atoms with van der Waals surface area (Å²) >= 11 is 0. The number of alkyl halides is 2. The minimum atomic E-state index is -2.57. The lowest BCUT2D eigenvalue weighted by Crippen LogP contribution is -2.40. The van der Waals surface area contributed by atoms with Gasteiger partial charge in [-0.15, -0.1) is 0 Å². The molecule has 216 valence electrons. The van der Waals surface area contributed by atoms with Gasteiger partial charge in [0.05, 0.1) is 6.54 Å². The number of benzene rings is 3. The molecule has 0 bridgehead atoms. The average molecular weight is 565 g/mol. The highest BCUT2D eigenvalue weighted by atomic mass is 19.3. The maximum atomic E-state index is 13.7. The number of piperidine rings is 1. The molecule has 5 rings (SSSR count). The van der Waals surface area contributed by atoms with Gasteiger partial charge in [-0.2, -0.15) is 0 Å². The van der Waals surface area contributed by atoms with Crippen LogP contribution < -0.4 is 5.32 Å². The van der Waals surface area contributed by atoms with Gasteiger partial charge in [0.1, 0.15) is 22.8 Å². The molecule has 1 unspecified atom stereocenters. The number of carbonyl (C=O) groups excluding carboxylic acids is 1. The molecule has 5 nitrogen and oxygen atoms in total. The normalized spacial score (nSPS) is 16.5. The third-order valence-corrected chi connectivity index (χ3v) is 7.43. The number of rotatable bonds is 6. The number of hydrogen-bond donors (Lipinski definition) is 1. The van der Waals surface area contributed by atoms with Crippen LogP contribution in [-0.2, 0) is 11.3 Å². The van der Waals surface area contributed by atoms with Crippen LogP contribution in [0.25, 0.3) is 33.2 Å². The highest BCUT2D eigenvalue weighted by Gasteiger charge is 2.35. The van der Waals surface area contributed by atoms with Crippen molar-refractivity contribution < 1.29 is 27.1 Å². The Labute approximate surface area is 238 Å². The van der Waals surface area contributed by atoms with Crippen molar-refractivity contribution in [2.45, 2.75) is 64.6 Å². The molecule has 1 fully saturated rings. The molecule has 1 N–H and O–H groups in total. The second-order valence-electron chi connectivity index (χ2n) is 11.7. The Morgan fingerprint density at radius 3 is 2.24 bits per heavy atom. The van der Waals surface area contributed by atoms with Crippen LogP contribution in [0.3, 0.4) is 0 Å². The fraction of sp³-hybridized carbons (Fsp3) is 0.364. The number of nitrogens with zero attached hydrogens (tertiary/aromatic N) is 1. The van der Waals surface area contributed by atoms with E-state index in [0.29, 0.717) is 24.4 Å². The van der Waals surface area contributed by atoms with Gasteiger partial charge in [0.25, 0.3) is 5.92 Å². The molecule has 0 saturated carbocycles. The van der Waals surface area contributed by atoms with Gasteiger partial charge in [-0.3, -0.25) is 4.90 Å². The lowest BCUT2D eigenvalue weighted by atomic mass is 9.95. The molecule has 0 aliphatic carbocycles. The van der Waals surface area contributed by atoms with Crippen LogP contribution in [0.2, 0.25) is 0 Å². The van der Waals surface area contributed by atoms with Crippen molar-refractivity contribution in [3.63, 3.8) is 0 Å². The zero-order valence-electron chi connectivity index (χ0n) is 23.8. The first kappa shape index (κ1) is 28.7. The SMILES string of the molecule is CC(c1ccc(-c2cc(-c3ccc(F)cc3)c3oc(CNC(=O)OC(C)(C)C)cc3c2)cc1)N1CCC(F)(F)CC1. The van der Waals surface area contributed by atoms with Gasteiger partial charge in [0.2, 0.25) is 0 Å². The summed E-state index contributed by atoms with van der Waals surface area (Å²) in [7, 11) is 0. The number of alkyl carbamates (subject to hydrolysis) is 1. The first-order valence-corrected chi connectivity index (χ1v) is 13.9. The van der Waals surface area contributed by atoms with E-state index in [2.05, 4.69) is 17.1 Å². The van der Waals surface area contributed by atoms with Crippen molar-refractivity contribution in [1.29, 1.82) is 0 Å². The minimum Gasteiger partial charge on any atom is -0.459 e.